The van der Waals surface area contributed by atoms with E-state index in [1.165, 1.54) is 21.7 Å². The molecule has 0 atom stereocenters. The lowest BCUT2D eigenvalue weighted by atomic mass is 10.00. The summed E-state index contributed by atoms with van der Waals surface area (Å²) in [5.74, 6) is 0. The van der Waals surface area contributed by atoms with Gasteiger partial charge in [-0.25, -0.2) is 0 Å². The molecule has 0 saturated carbocycles. The second-order valence-electron chi connectivity index (χ2n) is 12.3. The first kappa shape index (κ1) is 26.7. The molecule has 0 amide bonds. The zero-order chi connectivity index (χ0) is 31.6. The molecule has 0 aliphatic heterocycles. The number of para-hydroxylation sites is 2. The smallest absolute Gasteiger partial charge is 0.0801 e. The van der Waals surface area contributed by atoms with Crippen LogP contribution in [0.4, 0.5) is 11.4 Å². The largest absolute Gasteiger partial charge is 0.354 e. The van der Waals surface area contributed by atoms with E-state index in [2.05, 4.69) is 149 Å². The van der Waals surface area contributed by atoms with Crippen molar-refractivity contribution in [3.8, 4) is 16.8 Å². The van der Waals surface area contributed by atoms with Crippen LogP contribution in [0.1, 0.15) is 0 Å². The summed E-state index contributed by atoms with van der Waals surface area (Å²) in [5, 5.41) is 13.1. The van der Waals surface area contributed by atoms with Gasteiger partial charge in [-0.05, 0) is 64.9 Å². The van der Waals surface area contributed by atoms with Crippen LogP contribution in [0.25, 0.3) is 82.0 Å². The van der Waals surface area contributed by atoms with E-state index in [4.69, 9.17) is 9.97 Å². The Hall–Kier alpha value is -6.52. The summed E-state index contributed by atoms with van der Waals surface area (Å²) in [7, 11) is 0. The van der Waals surface area contributed by atoms with E-state index < -0.39 is 0 Å². The minimum Gasteiger partial charge on any atom is -0.354 e. The first-order valence-electron chi connectivity index (χ1n) is 16.2. The van der Waals surface area contributed by atoms with Gasteiger partial charge in [-0.2, -0.15) is 0 Å². The van der Waals surface area contributed by atoms with Crippen molar-refractivity contribution in [2.45, 2.75) is 0 Å². The third-order valence-electron chi connectivity index (χ3n) is 9.63. The van der Waals surface area contributed by atoms with E-state index in [0.717, 1.165) is 71.7 Å². The minimum atomic E-state index is 1.00. The van der Waals surface area contributed by atoms with Crippen LogP contribution in [-0.4, -0.2) is 14.5 Å². The summed E-state index contributed by atoms with van der Waals surface area (Å²) in [6, 6.07) is 54.0. The van der Waals surface area contributed by atoms with Crippen molar-refractivity contribution >= 4 is 76.5 Å². The molecule has 10 rings (SSSR count). The molecule has 4 nitrogen and oxygen atoms in total. The second-order valence-corrected chi connectivity index (χ2v) is 12.3. The maximum absolute atomic E-state index is 4.85. The van der Waals surface area contributed by atoms with Crippen LogP contribution >= 0.6 is 0 Å². The van der Waals surface area contributed by atoms with Crippen molar-refractivity contribution in [1.82, 2.24) is 14.5 Å². The van der Waals surface area contributed by atoms with Gasteiger partial charge in [-0.1, -0.05) is 103 Å². The highest BCUT2D eigenvalue weighted by atomic mass is 15.0. The fourth-order valence-electron chi connectivity index (χ4n) is 7.49. The lowest BCUT2D eigenvalue weighted by Crippen LogP contribution is -1.97. The number of fused-ring (bicyclic) bond motifs is 9. The summed E-state index contributed by atoms with van der Waals surface area (Å²) in [4.78, 5) is 9.62. The first-order chi connectivity index (χ1) is 23.8. The molecule has 0 aliphatic carbocycles. The number of benzene rings is 7. The van der Waals surface area contributed by atoms with Crippen molar-refractivity contribution in [3.05, 3.63) is 164 Å². The molecule has 0 aliphatic rings. The predicted octanol–water partition coefficient (Wildman–Crippen LogP) is 11.6. The minimum absolute atomic E-state index is 1.00. The van der Waals surface area contributed by atoms with E-state index in [9.17, 15) is 0 Å². The number of nitrogens with one attached hydrogen (secondary N) is 1. The number of pyridine rings is 2. The van der Waals surface area contributed by atoms with Gasteiger partial charge in [-0.3, -0.25) is 9.97 Å². The van der Waals surface area contributed by atoms with Crippen LogP contribution < -0.4 is 5.32 Å². The van der Waals surface area contributed by atoms with Crippen molar-refractivity contribution in [2.75, 3.05) is 5.32 Å². The lowest BCUT2D eigenvalue weighted by Gasteiger charge is -2.16. The average Bonchev–Trinajstić information content (AvgIpc) is 3.48. The van der Waals surface area contributed by atoms with Crippen molar-refractivity contribution < 1.29 is 0 Å². The summed E-state index contributed by atoms with van der Waals surface area (Å²) in [6.07, 6.45) is 3.76. The Morgan fingerprint density at radius 3 is 1.90 bits per heavy atom. The monoisotopic (exact) mass is 612 g/mol. The molecular formula is C44H28N4. The number of nitrogens with zero attached hydrogens (tertiary/aromatic N) is 3. The quantitative estimate of drug-likeness (QED) is 0.201. The van der Waals surface area contributed by atoms with Gasteiger partial charge in [0, 0.05) is 61.6 Å². The third kappa shape index (κ3) is 4.03. The molecule has 224 valence electrons. The molecule has 0 fully saturated rings. The number of hydrogen-bond acceptors (Lipinski definition) is 3. The van der Waals surface area contributed by atoms with E-state index in [0.29, 0.717) is 0 Å². The Kier molecular flexibility index (Phi) is 5.84. The Morgan fingerprint density at radius 1 is 0.438 bits per heavy atom. The highest BCUT2D eigenvalue weighted by molar-refractivity contribution is 6.16. The maximum Gasteiger partial charge on any atom is 0.0801 e. The highest BCUT2D eigenvalue weighted by Gasteiger charge is 2.17. The third-order valence-corrected chi connectivity index (χ3v) is 9.63. The van der Waals surface area contributed by atoms with Crippen molar-refractivity contribution in [3.63, 3.8) is 0 Å². The zero-order valence-corrected chi connectivity index (χ0v) is 25.9. The molecular weight excluding hydrogens is 585 g/mol. The number of anilines is 2. The van der Waals surface area contributed by atoms with Gasteiger partial charge in [0.05, 0.1) is 27.8 Å². The van der Waals surface area contributed by atoms with Crippen LogP contribution in [0.3, 0.4) is 0 Å². The van der Waals surface area contributed by atoms with E-state index in [1.807, 2.05) is 24.5 Å². The normalized spacial score (nSPS) is 11.8. The molecule has 4 heteroatoms. The SMILES string of the molecule is c1ccc(-c2ccc3c(c2)c2ccccc2n3-c2cccc3ccc4cccnc4c23)c(Nc2cccc3ccc4cccnc4c23)c1. The summed E-state index contributed by atoms with van der Waals surface area (Å²) >= 11 is 0. The first-order valence-corrected chi connectivity index (χ1v) is 16.2. The Labute approximate surface area is 276 Å². The topological polar surface area (TPSA) is 42.7 Å². The van der Waals surface area contributed by atoms with Gasteiger partial charge in [0.2, 0.25) is 0 Å². The molecule has 0 saturated heterocycles. The Bertz CT molecular complexity index is 2880. The van der Waals surface area contributed by atoms with Gasteiger partial charge in [0.1, 0.15) is 0 Å². The van der Waals surface area contributed by atoms with Crippen LogP contribution in [0.15, 0.2) is 164 Å². The summed E-state index contributed by atoms with van der Waals surface area (Å²) in [6.45, 7) is 0. The number of rotatable bonds is 4. The molecule has 7 aromatic carbocycles. The summed E-state index contributed by atoms with van der Waals surface area (Å²) in [5.41, 5.74) is 9.87. The van der Waals surface area contributed by atoms with E-state index in [1.54, 1.807) is 0 Å². The lowest BCUT2D eigenvalue weighted by molar-refractivity contribution is 1.20. The Balaban J connectivity index is 1.17. The molecule has 0 bridgehead atoms. The Morgan fingerprint density at radius 2 is 1.06 bits per heavy atom. The molecule has 3 heterocycles. The molecule has 0 radical (unpaired) electrons. The highest BCUT2D eigenvalue weighted by Crippen LogP contribution is 2.40. The zero-order valence-electron chi connectivity index (χ0n) is 25.9. The van der Waals surface area contributed by atoms with Crippen molar-refractivity contribution in [1.29, 1.82) is 0 Å². The molecule has 10 aromatic rings. The molecule has 0 unspecified atom stereocenters. The second kappa shape index (κ2) is 10.5. The molecule has 3 aromatic heterocycles. The van der Waals surface area contributed by atoms with Gasteiger partial charge in [0.15, 0.2) is 0 Å². The summed E-state index contributed by atoms with van der Waals surface area (Å²) < 4.78 is 2.41. The van der Waals surface area contributed by atoms with Gasteiger partial charge in [0.25, 0.3) is 0 Å². The maximum atomic E-state index is 4.85. The predicted molar refractivity (Wildman–Crippen MR) is 202 cm³/mol. The van der Waals surface area contributed by atoms with Crippen LogP contribution in [-0.2, 0) is 0 Å². The van der Waals surface area contributed by atoms with E-state index in [-0.39, 0.29) is 0 Å². The van der Waals surface area contributed by atoms with Crippen LogP contribution in [0.2, 0.25) is 0 Å². The van der Waals surface area contributed by atoms with E-state index >= 15 is 0 Å². The molecule has 0 spiro atoms. The molecule has 48 heavy (non-hydrogen) atoms. The van der Waals surface area contributed by atoms with Gasteiger partial charge in [-0.15, -0.1) is 0 Å². The number of aromatic nitrogens is 3. The van der Waals surface area contributed by atoms with Gasteiger partial charge >= 0.3 is 0 Å². The fourth-order valence-corrected chi connectivity index (χ4v) is 7.49. The standard InChI is InChI=1S/C44H28N4/c1-3-15-36(47-37-16-5-9-28-19-21-30-11-7-25-45-43(30)41(28)37)33(13-1)32-23-24-39-35(27-32)34-14-2-4-17-38(34)48(39)40-18-6-10-29-20-22-31-12-8-26-46-44(31)42(29)40/h1-27,47H. The van der Waals surface area contributed by atoms with Gasteiger partial charge < -0.3 is 9.88 Å². The van der Waals surface area contributed by atoms with Crippen LogP contribution in [0.5, 0.6) is 0 Å². The van der Waals surface area contributed by atoms with Crippen molar-refractivity contribution in [2.24, 2.45) is 0 Å². The average molecular weight is 613 g/mol. The van der Waals surface area contributed by atoms with Crippen LogP contribution in [0, 0.1) is 0 Å². The molecule has 1 N–H and O–H groups in total. The number of hydrogen-bond donors (Lipinski definition) is 1. The fraction of sp³-hybridized carbons (Fsp3) is 0.